The number of methoxy groups -OCH3 is 1. The van der Waals surface area contributed by atoms with E-state index in [2.05, 4.69) is 10.1 Å². The Morgan fingerprint density at radius 1 is 1.62 bits per heavy atom. The minimum atomic E-state index is -0.573. The summed E-state index contributed by atoms with van der Waals surface area (Å²) in [5.41, 5.74) is 5.66. The molecule has 0 aromatic heterocycles. The zero-order valence-electron chi connectivity index (χ0n) is 8.71. The number of anilines is 1. The Morgan fingerprint density at radius 2 is 2.31 bits per heavy atom. The van der Waals surface area contributed by atoms with Gasteiger partial charge in [-0.3, -0.25) is 10.2 Å². The van der Waals surface area contributed by atoms with E-state index < -0.39 is 11.8 Å². The Labute approximate surface area is 91.9 Å². The molecule has 0 spiro atoms. The molecule has 0 unspecified atom stereocenters. The van der Waals surface area contributed by atoms with E-state index in [-0.39, 0.29) is 18.1 Å². The number of rotatable bonds is 3. The number of esters is 1. The zero-order chi connectivity index (χ0) is 12.1. The smallest absolute Gasteiger partial charge is 0.309 e. The highest BCUT2D eigenvalue weighted by Crippen LogP contribution is 2.15. The summed E-state index contributed by atoms with van der Waals surface area (Å²) in [5.74, 6) is -1.36. The number of nitrogens with two attached hydrogens (primary N) is 1. The van der Waals surface area contributed by atoms with Crippen LogP contribution in [-0.4, -0.2) is 19.0 Å². The molecule has 6 heteroatoms. The van der Waals surface area contributed by atoms with Crippen molar-refractivity contribution in [1.82, 2.24) is 0 Å². The monoisotopic (exact) mass is 225 g/mol. The van der Waals surface area contributed by atoms with E-state index >= 15 is 0 Å². The summed E-state index contributed by atoms with van der Waals surface area (Å²) in [6.07, 6.45) is 0.00771. The Balaban J connectivity index is 2.82. The lowest BCUT2D eigenvalue weighted by molar-refractivity contribution is -0.139. The summed E-state index contributed by atoms with van der Waals surface area (Å²) in [4.78, 5) is 10.9. The number of carbonyl (C=O) groups is 1. The molecule has 0 heterocycles. The summed E-state index contributed by atoms with van der Waals surface area (Å²) in [5, 5.41) is 9.29. The van der Waals surface area contributed by atoms with E-state index in [4.69, 9.17) is 11.1 Å². The molecule has 0 saturated carbocycles. The Hall–Kier alpha value is -2.11. The van der Waals surface area contributed by atoms with Crippen LogP contribution < -0.4 is 11.1 Å². The van der Waals surface area contributed by atoms with Gasteiger partial charge in [-0.2, -0.15) is 0 Å². The maximum Gasteiger partial charge on any atom is 0.309 e. The van der Waals surface area contributed by atoms with Crippen LogP contribution in [0.2, 0.25) is 0 Å². The fraction of sp³-hybridized carbons (Fsp3) is 0.200. The van der Waals surface area contributed by atoms with Gasteiger partial charge in [-0.1, -0.05) is 6.07 Å². The average Bonchev–Trinajstić information content (AvgIpc) is 2.21. The molecule has 5 nitrogen and oxygen atoms in total. The zero-order valence-corrected chi connectivity index (χ0v) is 8.71. The van der Waals surface area contributed by atoms with Crippen LogP contribution in [0.4, 0.5) is 10.1 Å². The number of guanidine groups is 1. The fourth-order valence-electron chi connectivity index (χ4n) is 1.15. The third-order valence-electron chi connectivity index (χ3n) is 1.88. The summed E-state index contributed by atoms with van der Waals surface area (Å²) < 4.78 is 17.9. The topological polar surface area (TPSA) is 88.2 Å². The van der Waals surface area contributed by atoms with Crippen molar-refractivity contribution < 1.29 is 13.9 Å². The minimum Gasteiger partial charge on any atom is -0.469 e. The lowest BCUT2D eigenvalue weighted by Gasteiger charge is -2.06. The van der Waals surface area contributed by atoms with Crippen molar-refractivity contribution >= 4 is 17.6 Å². The summed E-state index contributed by atoms with van der Waals surface area (Å²) in [6, 6.07) is 4.17. The van der Waals surface area contributed by atoms with Gasteiger partial charge in [-0.05, 0) is 17.7 Å². The van der Waals surface area contributed by atoms with Gasteiger partial charge >= 0.3 is 5.97 Å². The quantitative estimate of drug-likeness (QED) is 0.404. The molecule has 1 aromatic carbocycles. The van der Waals surface area contributed by atoms with Crippen molar-refractivity contribution in [2.24, 2.45) is 5.73 Å². The van der Waals surface area contributed by atoms with Crippen LogP contribution in [0.15, 0.2) is 18.2 Å². The second-order valence-electron chi connectivity index (χ2n) is 3.11. The molecular weight excluding hydrogens is 213 g/mol. The first-order chi connectivity index (χ1) is 7.52. The Bertz CT molecular complexity index is 421. The second kappa shape index (κ2) is 5.11. The highest BCUT2D eigenvalue weighted by molar-refractivity contribution is 5.89. The van der Waals surface area contributed by atoms with Crippen molar-refractivity contribution in [3.8, 4) is 0 Å². The number of ether oxygens (including phenoxy) is 1. The normalized spacial score (nSPS) is 9.62. The number of benzene rings is 1. The standard InChI is InChI=1S/C10H12FN3O2/c1-16-9(15)5-6-2-3-8(7(11)4-6)14-10(12)13/h2-4H,5H2,1H3,(H4,12,13,14). The summed E-state index contributed by atoms with van der Waals surface area (Å²) >= 11 is 0. The third-order valence-corrected chi connectivity index (χ3v) is 1.88. The molecule has 4 N–H and O–H groups in total. The molecule has 0 amide bonds. The second-order valence-corrected chi connectivity index (χ2v) is 3.11. The van der Waals surface area contributed by atoms with E-state index in [9.17, 15) is 9.18 Å². The minimum absolute atomic E-state index is 0.00771. The molecule has 0 saturated heterocycles. The number of hydrogen-bond acceptors (Lipinski definition) is 3. The van der Waals surface area contributed by atoms with Crippen LogP contribution in [-0.2, 0) is 16.0 Å². The molecule has 0 bridgehead atoms. The van der Waals surface area contributed by atoms with E-state index in [1.807, 2.05) is 0 Å². The number of halogens is 1. The van der Waals surface area contributed by atoms with E-state index in [0.717, 1.165) is 0 Å². The predicted octanol–water partition coefficient (Wildman–Crippen LogP) is 0.847. The average molecular weight is 225 g/mol. The van der Waals surface area contributed by atoms with E-state index in [1.165, 1.54) is 19.2 Å². The lowest BCUT2D eigenvalue weighted by Crippen LogP contribution is -2.21. The van der Waals surface area contributed by atoms with Crippen molar-refractivity contribution in [2.45, 2.75) is 6.42 Å². The number of carbonyl (C=O) groups excluding carboxylic acids is 1. The molecule has 0 aliphatic rings. The van der Waals surface area contributed by atoms with Crippen molar-refractivity contribution in [3.05, 3.63) is 29.6 Å². The third kappa shape index (κ3) is 3.23. The Kier molecular flexibility index (Phi) is 3.82. The molecule has 0 aliphatic carbocycles. The van der Waals surface area contributed by atoms with Crippen LogP contribution in [0.1, 0.15) is 5.56 Å². The van der Waals surface area contributed by atoms with E-state index in [1.54, 1.807) is 6.07 Å². The van der Waals surface area contributed by atoms with E-state index in [0.29, 0.717) is 5.56 Å². The van der Waals surface area contributed by atoms with Crippen LogP contribution in [0.25, 0.3) is 0 Å². The largest absolute Gasteiger partial charge is 0.469 e. The van der Waals surface area contributed by atoms with Crippen molar-refractivity contribution in [3.63, 3.8) is 0 Å². The first-order valence-corrected chi connectivity index (χ1v) is 4.49. The van der Waals surface area contributed by atoms with Gasteiger partial charge < -0.3 is 15.8 Å². The molecule has 0 fully saturated rings. The fourth-order valence-corrected chi connectivity index (χ4v) is 1.15. The molecule has 0 atom stereocenters. The Morgan fingerprint density at radius 3 is 2.81 bits per heavy atom. The van der Waals surface area contributed by atoms with Gasteiger partial charge in [0, 0.05) is 0 Å². The van der Waals surface area contributed by atoms with Gasteiger partial charge in [-0.25, -0.2) is 4.39 Å². The van der Waals surface area contributed by atoms with Gasteiger partial charge in [0.15, 0.2) is 5.96 Å². The van der Waals surface area contributed by atoms with Gasteiger partial charge in [0.05, 0.1) is 19.2 Å². The lowest BCUT2D eigenvalue weighted by atomic mass is 10.1. The molecule has 1 aromatic rings. The first kappa shape index (κ1) is 12.0. The van der Waals surface area contributed by atoms with Crippen LogP contribution in [0.5, 0.6) is 0 Å². The summed E-state index contributed by atoms with van der Waals surface area (Å²) in [7, 11) is 1.27. The predicted molar refractivity (Wildman–Crippen MR) is 57.7 cm³/mol. The first-order valence-electron chi connectivity index (χ1n) is 4.49. The van der Waals surface area contributed by atoms with Crippen LogP contribution in [0.3, 0.4) is 0 Å². The highest BCUT2D eigenvalue weighted by atomic mass is 19.1. The molecule has 0 aliphatic heterocycles. The maximum absolute atomic E-state index is 13.4. The van der Waals surface area contributed by atoms with Gasteiger partial charge in [0.1, 0.15) is 5.82 Å². The van der Waals surface area contributed by atoms with Gasteiger partial charge in [-0.15, -0.1) is 0 Å². The molecule has 86 valence electrons. The highest BCUT2D eigenvalue weighted by Gasteiger charge is 2.07. The van der Waals surface area contributed by atoms with Gasteiger partial charge in [0.25, 0.3) is 0 Å². The summed E-state index contributed by atoms with van der Waals surface area (Å²) in [6.45, 7) is 0. The maximum atomic E-state index is 13.4. The number of nitrogens with one attached hydrogen (secondary N) is 2. The number of hydrogen-bond donors (Lipinski definition) is 3. The van der Waals surface area contributed by atoms with Crippen LogP contribution in [0, 0.1) is 11.2 Å². The SMILES string of the molecule is COC(=O)Cc1ccc(NC(=N)N)c(F)c1. The molecule has 1 rings (SSSR count). The molecular formula is C10H12FN3O2. The van der Waals surface area contributed by atoms with Crippen LogP contribution >= 0.6 is 0 Å². The van der Waals surface area contributed by atoms with Gasteiger partial charge in [0.2, 0.25) is 0 Å². The van der Waals surface area contributed by atoms with Crippen molar-refractivity contribution in [1.29, 1.82) is 5.41 Å². The molecule has 16 heavy (non-hydrogen) atoms. The molecule has 0 radical (unpaired) electrons. The van der Waals surface area contributed by atoms with Crippen molar-refractivity contribution in [2.75, 3.05) is 12.4 Å².